The topological polar surface area (TPSA) is 65.7 Å². The molecule has 35 heavy (non-hydrogen) atoms. The average molecular weight is 503 g/mol. The zero-order valence-electron chi connectivity index (χ0n) is 18.0. The number of aliphatic hydroxyl groups is 1. The number of aliphatic hydroxyl groups excluding tert-OH is 1. The normalized spacial score (nSPS) is 21.1. The molecule has 0 bridgehead atoms. The van der Waals surface area contributed by atoms with Crippen molar-refractivity contribution in [2.24, 2.45) is 5.41 Å². The highest BCUT2D eigenvalue weighted by Gasteiger charge is 2.55. The number of hydrogen-bond acceptors (Lipinski definition) is 5. The quantitative estimate of drug-likeness (QED) is 0.502. The number of aromatic nitrogens is 3. The van der Waals surface area contributed by atoms with Crippen LogP contribution in [-0.4, -0.2) is 50.3 Å². The molecular formula is C22H20F7N5O. The summed E-state index contributed by atoms with van der Waals surface area (Å²) in [5.41, 5.74) is -2.89. The molecule has 3 heterocycles. The summed E-state index contributed by atoms with van der Waals surface area (Å²) in [5, 5.41) is 16.3. The second kappa shape index (κ2) is 8.05. The molecule has 13 heteroatoms. The number of rotatable bonds is 5. The number of nitrogens with zero attached hydrogens (tertiary/aromatic N) is 4. The van der Waals surface area contributed by atoms with Gasteiger partial charge in [-0.05, 0) is 30.5 Å². The van der Waals surface area contributed by atoms with Crippen LogP contribution in [0.3, 0.4) is 0 Å². The molecule has 6 nitrogen and oxygen atoms in total. The van der Waals surface area contributed by atoms with Crippen molar-refractivity contribution in [3.05, 3.63) is 59.2 Å². The third-order valence-electron chi connectivity index (χ3n) is 6.84. The van der Waals surface area contributed by atoms with E-state index in [2.05, 4.69) is 15.4 Å². The molecule has 1 aromatic carbocycles. The molecule has 2 aromatic heterocycles. The molecule has 1 aliphatic carbocycles. The highest BCUT2D eigenvalue weighted by molar-refractivity contribution is 5.51. The lowest BCUT2D eigenvalue weighted by Crippen LogP contribution is -2.67. The first-order valence-corrected chi connectivity index (χ1v) is 10.8. The van der Waals surface area contributed by atoms with E-state index < -0.39 is 47.4 Å². The van der Waals surface area contributed by atoms with E-state index in [9.17, 15) is 35.8 Å². The Hall–Kier alpha value is -2.93. The standard InChI is InChI=1S/C22H20F7N5O/c23-13-3-1-12(2-4-13)14(33-10-20(11-33)6-5-17(20)35)9-30-18-7-15(21(24,25)26)31-19-8-16(22(27,28)29)32-34(18)19/h1-4,7-8,14,17,30,35H,5-6,9-11H2/t14-,17-/m1/s1. The number of nitrogens with one attached hydrogen (secondary N) is 1. The molecule has 0 radical (unpaired) electrons. The molecule has 3 aromatic rings. The van der Waals surface area contributed by atoms with E-state index in [0.29, 0.717) is 41.7 Å². The number of halogens is 7. The number of hydrogen-bond donors (Lipinski definition) is 2. The van der Waals surface area contributed by atoms with Crippen molar-refractivity contribution in [1.82, 2.24) is 19.5 Å². The summed E-state index contributed by atoms with van der Waals surface area (Å²) in [4.78, 5) is 5.30. The zero-order chi connectivity index (χ0) is 25.2. The van der Waals surface area contributed by atoms with Gasteiger partial charge in [0.25, 0.3) is 0 Å². The second-order valence-corrected chi connectivity index (χ2v) is 9.09. The predicted octanol–water partition coefficient (Wildman–Crippen LogP) is 4.52. The molecule has 2 aliphatic rings. The van der Waals surface area contributed by atoms with Gasteiger partial charge in [0, 0.05) is 37.2 Å². The summed E-state index contributed by atoms with van der Waals surface area (Å²) in [6, 6.07) is 6.22. The van der Waals surface area contributed by atoms with E-state index in [4.69, 9.17) is 0 Å². The molecule has 1 spiro atoms. The molecule has 5 rings (SSSR count). The molecule has 0 amide bonds. The van der Waals surface area contributed by atoms with E-state index in [1.165, 1.54) is 12.1 Å². The molecule has 188 valence electrons. The van der Waals surface area contributed by atoms with Crippen LogP contribution in [0.1, 0.15) is 35.8 Å². The van der Waals surface area contributed by atoms with Crippen molar-refractivity contribution in [2.75, 3.05) is 25.0 Å². The molecule has 1 aliphatic heterocycles. The van der Waals surface area contributed by atoms with Crippen LogP contribution in [0.15, 0.2) is 36.4 Å². The van der Waals surface area contributed by atoms with Gasteiger partial charge >= 0.3 is 12.4 Å². The van der Waals surface area contributed by atoms with E-state index in [1.54, 1.807) is 12.1 Å². The Morgan fingerprint density at radius 1 is 1.03 bits per heavy atom. The number of likely N-dealkylation sites (tertiary alicyclic amines) is 1. The third-order valence-corrected chi connectivity index (χ3v) is 6.84. The van der Waals surface area contributed by atoms with E-state index in [1.807, 2.05) is 4.90 Å². The van der Waals surface area contributed by atoms with Gasteiger partial charge in [-0.3, -0.25) is 4.90 Å². The molecule has 2 N–H and O–H groups in total. The van der Waals surface area contributed by atoms with Crippen LogP contribution in [0, 0.1) is 11.2 Å². The number of benzene rings is 1. The van der Waals surface area contributed by atoms with Crippen LogP contribution in [0.5, 0.6) is 0 Å². The first-order valence-electron chi connectivity index (χ1n) is 10.8. The van der Waals surface area contributed by atoms with Gasteiger partial charge in [0.05, 0.1) is 12.1 Å². The Morgan fingerprint density at radius 2 is 1.69 bits per heavy atom. The maximum atomic E-state index is 13.5. The van der Waals surface area contributed by atoms with Crippen LogP contribution in [0.25, 0.3) is 5.65 Å². The SMILES string of the molecule is O[C@@H]1CCC12CN([C@H](CNc1cc(C(F)(F)F)nc3cc(C(F)(F)F)nn13)c1ccc(F)cc1)C2. The highest BCUT2D eigenvalue weighted by Crippen LogP contribution is 2.50. The molecular weight excluding hydrogens is 483 g/mol. The first-order chi connectivity index (χ1) is 16.4. The fourth-order valence-corrected chi connectivity index (χ4v) is 4.76. The van der Waals surface area contributed by atoms with Gasteiger partial charge in [-0.1, -0.05) is 12.1 Å². The molecule has 2 atom stereocenters. The van der Waals surface area contributed by atoms with Crippen molar-refractivity contribution in [3.63, 3.8) is 0 Å². The minimum absolute atomic E-state index is 0.00453. The number of fused-ring (bicyclic) bond motifs is 1. The monoisotopic (exact) mass is 503 g/mol. The van der Waals surface area contributed by atoms with Gasteiger partial charge in [0.2, 0.25) is 0 Å². The van der Waals surface area contributed by atoms with Gasteiger partial charge in [-0.15, -0.1) is 0 Å². The minimum atomic E-state index is -4.89. The van der Waals surface area contributed by atoms with Gasteiger partial charge < -0.3 is 10.4 Å². The lowest BCUT2D eigenvalue weighted by atomic mass is 9.60. The summed E-state index contributed by atoms with van der Waals surface area (Å²) in [6.07, 6.45) is -8.64. The summed E-state index contributed by atoms with van der Waals surface area (Å²) < 4.78 is 93.8. The van der Waals surface area contributed by atoms with Crippen molar-refractivity contribution >= 4 is 11.5 Å². The largest absolute Gasteiger partial charge is 0.435 e. The molecule has 0 unspecified atom stereocenters. The van der Waals surface area contributed by atoms with Crippen molar-refractivity contribution < 1.29 is 35.8 Å². The fraction of sp³-hybridized carbons (Fsp3) is 0.455. The van der Waals surface area contributed by atoms with E-state index in [-0.39, 0.29) is 17.8 Å². The Bertz CT molecular complexity index is 1230. The number of alkyl halides is 6. The van der Waals surface area contributed by atoms with Gasteiger partial charge in [0.15, 0.2) is 17.0 Å². The smallest absolute Gasteiger partial charge is 0.392 e. The third kappa shape index (κ3) is 4.31. The lowest BCUT2D eigenvalue weighted by molar-refractivity contribution is -0.169. The van der Waals surface area contributed by atoms with Crippen molar-refractivity contribution in [2.45, 2.75) is 37.3 Å². The Kier molecular flexibility index (Phi) is 5.47. The van der Waals surface area contributed by atoms with Gasteiger partial charge in [-0.2, -0.15) is 36.0 Å². The minimum Gasteiger partial charge on any atom is -0.392 e. The number of anilines is 1. The fourth-order valence-electron chi connectivity index (χ4n) is 4.76. The Balaban J connectivity index is 1.47. The van der Waals surface area contributed by atoms with Crippen molar-refractivity contribution in [1.29, 1.82) is 0 Å². The van der Waals surface area contributed by atoms with Crippen LogP contribution in [0.2, 0.25) is 0 Å². The highest BCUT2D eigenvalue weighted by atomic mass is 19.4. The summed E-state index contributed by atoms with van der Waals surface area (Å²) in [7, 11) is 0. The maximum absolute atomic E-state index is 13.5. The van der Waals surface area contributed by atoms with Crippen LogP contribution >= 0.6 is 0 Å². The summed E-state index contributed by atoms with van der Waals surface area (Å²) in [5.74, 6) is -0.777. The summed E-state index contributed by atoms with van der Waals surface area (Å²) in [6.45, 7) is 1.07. The molecule has 1 saturated carbocycles. The summed E-state index contributed by atoms with van der Waals surface area (Å²) >= 11 is 0. The van der Waals surface area contributed by atoms with Crippen LogP contribution < -0.4 is 5.32 Å². The van der Waals surface area contributed by atoms with Gasteiger partial charge in [-0.25, -0.2) is 9.37 Å². The predicted molar refractivity (Wildman–Crippen MR) is 110 cm³/mol. The first kappa shape index (κ1) is 23.8. The average Bonchev–Trinajstić information content (AvgIpc) is 3.19. The molecule has 2 fully saturated rings. The van der Waals surface area contributed by atoms with E-state index in [0.717, 1.165) is 6.42 Å². The Morgan fingerprint density at radius 3 is 2.23 bits per heavy atom. The maximum Gasteiger partial charge on any atom is 0.435 e. The van der Waals surface area contributed by atoms with Crippen LogP contribution in [-0.2, 0) is 12.4 Å². The Labute approximate surface area is 194 Å². The zero-order valence-corrected chi connectivity index (χ0v) is 18.0. The van der Waals surface area contributed by atoms with Crippen molar-refractivity contribution in [3.8, 4) is 0 Å². The molecule has 1 saturated heterocycles. The second-order valence-electron chi connectivity index (χ2n) is 9.09. The van der Waals surface area contributed by atoms with Gasteiger partial charge in [0.1, 0.15) is 11.6 Å². The lowest BCUT2D eigenvalue weighted by Gasteiger charge is -2.60. The van der Waals surface area contributed by atoms with Crippen LogP contribution in [0.4, 0.5) is 36.6 Å². The van der Waals surface area contributed by atoms with E-state index >= 15 is 0 Å².